The number of urea groups is 1. The second kappa shape index (κ2) is 6.90. The van der Waals surface area contributed by atoms with Crippen molar-refractivity contribution in [3.05, 3.63) is 47.2 Å². The number of hydrogen-bond donors (Lipinski definition) is 1. The minimum atomic E-state index is -0.369. The number of carbonyl (C=O) groups excluding carboxylic acids is 1. The van der Waals surface area contributed by atoms with E-state index in [1.54, 1.807) is 17.0 Å². The van der Waals surface area contributed by atoms with E-state index in [1.165, 1.54) is 25.0 Å². The van der Waals surface area contributed by atoms with Gasteiger partial charge in [0.2, 0.25) is 0 Å². The molecule has 1 N–H and O–H groups in total. The number of aromatic nitrogens is 2. The molecule has 26 heavy (non-hydrogen) atoms. The Kier molecular flexibility index (Phi) is 4.44. The smallest absolute Gasteiger partial charge is 0.322 e. The molecule has 1 aromatic heterocycles. The van der Waals surface area contributed by atoms with Crippen LogP contribution in [0.25, 0.3) is 0 Å². The lowest BCUT2D eigenvalue weighted by Gasteiger charge is -2.31. The van der Waals surface area contributed by atoms with Crippen LogP contribution in [0.5, 0.6) is 0 Å². The lowest BCUT2D eigenvalue weighted by atomic mass is 10.1. The van der Waals surface area contributed by atoms with Crippen LogP contribution in [-0.4, -0.2) is 40.5 Å². The molecule has 2 amide bonds. The SMILES string of the molecule is Cc1nc2c(c(N3CCCC3)n1)CN(C(=O)Nc1cccc(F)c1)CC2. The van der Waals surface area contributed by atoms with E-state index < -0.39 is 0 Å². The molecule has 136 valence electrons. The Morgan fingerprint density at radius 3 is 2.77 bits per heavy atom. The Hall–Kier alpha value is -2.70. The molecule has 0 atom stereocenters. The van der Waals surface area contributed by atoms with Gasteiger partial charge in [0.15, 0.2) is 0 Å². The Labute approximate surface area is 152 Å². The molecule has 0 radical (unpaired) electrons. The van der Waals surface area contributed by atoms with Gasteiger partial charge in [-0.1, -0.05) is 6.07 Å². The molecule has 0 bridgehead atoms. The average molecular weight is 355 g/mol. The molecule has 0 spiro atoms. The highest BCUT2D eigenvalue weighted by Crippen LogP contribution is 2.29. The van der Waals surface area contributed by atoms with E-state index in [9.17, 15) is 9.18 Å². The summed E-state index contributed by atoms with van der Waals surface area (Å²) in [6.45, 7) is 4.98. The summed E-state index contributed by atoms with van der Waals surface area (Å²) in [5.41, 5.74) is 2.54. The van der Waals surface area contributed by atoms with E-state index in [4.69, 9.17) is 0 Å². The fraction of sp³-hybridized carbons (Fsp3) is 0.421. The monoisotopic (exact) mass is 355 g/mol. The Bertz CT molecular complexity index is 835. The number of nitrogens with zero attached hydrogens (tertiary/aromatic N) is 4. The maximum absolute atomic E-state index is 13.3. The predicted octanol–water partition coefficient (Wildman–Crippen LogP) is 3.11. The van der Waals surface area contributed by atoms with E-state index in [-0.39, 0.29) is 11.8 Å². The summed E-state index contributed by atoms with van der Waals surface area (Å²) in [4.78, 5) is 25.9. The van der Waals surface area contributed by atoms with Crippen LogP contribution in [0.2, 0.25) is 0 Å². The van der Waals surface area contributed by atoms with Gasteiger partial charge in [-0.3, -0.25) is 0 Å². The number of carbonyl (C=O) groups is 1. The standard InChI is InChI=1S/C19H22FN5O/c1-13-21-17-7-10-25(19(26)23-15-6-4-5-14(20)11-15)12-16(17)18(22-13)24-8-2-3-9-24/h4-6,11H,2-3,7-10,12H2,1H3,(H,23,26). The lowest BCUT2D eigenvalue weighted by molar-refractivity contribution is 0.206. The first-order chi connectivity index (χ1) is 12.6. The van der Waals surface area contributed by atoms with Gasteiger partial charge in [0.1, 0.15) is 17.5 Å². The van der Waals surface area contributed by atoms with Gasteiger partial charge in [-0.25, -0.2) is 19.2 Å². The van der Waals surface area contributed by atoms with Crippen LogP contribution >= 0.6 is 0 Å². The van der Waals surface area contributed by atoms with Crippen LogP contribution in [0.1, 0.15) is 29.9 Å². The highest BCUT2D eigenvalue weighted by Gasteiger charge is 2.28. The summed E-state index contributed by atoms with van der Waals surface area (Å²) in [6, 6.07) is 5.71. The number of halogens is 1. The summed E-state index contributed by atoms with van der Waals surface area (Å²) in [5, 5.41) is 2.78. The Morgan fingerprint density at radius 1 is 1.19 bits per heavy atom. The van der Waals surface area contributed by atoms with Crippen molar-refractivity contribution in [2.75, 3.05) is 29.9 Å². The van der Waals surface area contributed by atoms with Gasteiger partial charge >= 0.3 is 6.03 Å². The molecule has 2 aliphatic heterocycles. The van der Waals surface area contributed by atoms with Gasteiger partial charge in [-0.05, 0) is 38.0 Å². The van der Waals surface area contributed by atoms with Gasteiger partial charge in [-0.15, -0.1) is 0 Å². The van der Waals surface area contributed by atoms with Crippen LogP contribution < -0.4 is 10.2 Å². The van der Waals surface area contributed by atoms with E-state index in [0.717, 1.165) is 36.0 Å². The van der Waals surface area contributed by atoms with Crippen molar-refractivity contribution >= 4 is 17.5 Å². The summed E-state index contributed by atoms with van der Waals surface area (Å²) >= 11 is 0. The van der Waals surface area contributed by atoms with Crippen LogP contribution in [0.4, 0.5) is 20.7 Å². The molecule has 6 nitrogen and oxygen atoms in total. The van der Waals surface area contributed by atoms with Crippen molar-refractivity contribution in [2.45, 2.75) is 32.7 Å². The summed E-state index contributed by atoms with van der Waals surface area (Å²) in [7, 11) is 0. The van der Waals surface area contributed by atoms with Crippen LogP contribution in [0.3, 0.4) is 0 Å². The zero-order valence-electron chi connectivity index (χ0n) is 14.8. The second-order valence-electron chi connectivity index (χ2n) is 6.83. The fourth-order valence-corrected chi connectivity index (χ4v) is 3.65. The third-order valence-corrected chi connectivity index (χ3v) is 4.92. The van der Waals surface area contributed by atoms with E-state index in [2.05, 4.69) is 20.2 Å². The van der Waals surface area contributed by atoms with Crippen molar-refractivity contribution < 1.29 is 9.18 Å². The molecule has 1 fully saturated rings. The number of hydrogen-bond acceptors (Lipinski definition) is 4. The van der Waals surface area contributed by atoms with Crippen LogP contribution in [0, 0.1) is 12.7 Å². The minimum Gasteiger partial charge on any atom is -0.356 e. The average Bonchev–Trinajstić information content (AvgIpc) is 3.15. The summed E-state index contributed by atoms with van der Waals surface area (Å²) < 4.78 is 13.3. The number of benzene rings is 1. The normalized spacial score (nSPS) is 16.5. The first-order valence-corrected chi connectivity index (χ1v) is 9.03. The fourth-order valence-electron chi connectivity index (χ4n) is 3.65. The molecule has 0 aliphatic carbocycles. The predicted molar refractivity (Wildman–Crippen MR) is 97.7 cm³/mol. The highest BCUT2D eigenvalue weighted by molar-refractivity contribution is 5.89. The molecule has 0 unspecified atom stereocenters. The summed E-state index contributed by atoms with van der Waals surface area (Å²) in [6.07, 6.45) is 3.04. The van der Waals surface area contributed by atoms with Crippen molar-refractivity contribution in [2.24, 2.45) is 0 Å². The van der Waals surface area contributed by atoms with Crippen molar-refractivity contribution in [1.29, 1.82) is 0 Å². The van der Waals surface area contributed by atoms with E-state index in [1.807, 2.05) is 6.92 Å². The number of fused-ring (bicyclic) bond motifs is 1. The van der Waals surface area contributed by atoms with Crippen LogP contribution in [0.15, 0.2) is 24.3 Å². The first kappa shape index (κ1) is 16.8. The van der Waals surface area contributed by atoms with E-state index in [0.29, 0.717) is 25.2 Å². The Balaban J connectivity index is 1.55. The van der Waals surface area contributed by atoms with Gasteiger partial charge in [0.25, 0.3) is 0 Å². The first-order valence-electron chi connectivity index (χ1n) is 9.03. The van der Waals surface area contributed by atoms with Crippen molar-refractivity contribution in [3.8, 4) is 0 Å². The zero-order chi connectivity index (χ0) is 18.1. The molecule has 4 rings (SSSR count). The second-order valence-corrected chi connectivity index (χ2v) is 6.83. The maximum Gasteiger partial charge on any atom is 0.322 e. The molecular formula is C19H22FN5O. The number of amides is 2. The molecule has 1 aromatic carbocycles. The molecule has 2 aromatic rings. The van der Waals surface area contributed by atoms with E-state index >= 15 is 0 Å². The molecular weight excluding hydrogens is 333 g/mol. The van der Waals surface area contributed by atoms with Crippen molar-refractivity contribution in [1.82, 2.24) is 14.9 Å². The zero-order valence-corrected chi connectivity index (χ0v) is 14.8. The van der Waals surface area contributed by atoms with Crippen LogP contribution in [-0.2, 0) is 13.0 Å². The van der Waals surface area contributed by atoms with Gasteiger partial charge in [-0.2, -0.15) is 0 Å². The Morgan fingerprint density at radius 2 is 2.00 bits per heavy atom. The maximum atomic E-state index is 13.3. The van der Waals surface area contributed by atoms with Gasteiger partial charge < -0.3 is 15.1 Å². The molecule has 7 heteroatoms. The quantitative estimate of drug-likeness (QED) is 0.899. The third kappa shape index (κ3) is 3.34. The molecule has 2 aliphatic rings. The summed E-state index contributed by atoms with van der Waals surface area (Å²) in [5.74, 6) is 1.38. The molecule has 0 saturated carbocycles. The largest absolute Gasteiger partial charge is 0.356 e. The third-order valence-electron chi connectivity index (χ3n) is 4.92. The minimum absolute atomic E-state index is 0.228. The molecule has 3 heterocycles. The van der Waals surface area contributed by atoms with Gasteiger partial charge in [0.05, 0.1) is 12.2 Å². The van der Waals surface area contributed by atoms with Crippen molar-refractivity contribution in [3.63, 3.8) is 0 Å². The van der Waals surface area contributed by atoms with Gasteiger partial charge in [0, 0.05) is 37.3 Å². The molecule has 1 saturated heterocycles. The number of aryl methyl sites for hydroxylation is 1. The topological polar surface area (TPSA) is 61.4 Å². The lowest BCUT2D eigenvalue weighted by Crippen LogP contribution is -2.40. The number of nitrogens with one attached hydrogen (secondary N) is 1. The number of anilines is 2. The highest BCUT2D eigenvalue weighted by atomic mass is 19.1. The number of rotatable bonds is 2.